The molecule has 0 spiro atoms. The summed E-state index contributed by atoms with van der Waals surface area (Å²) in [5, 5.41) is 6.90. The van der Waals surface area contributed by atoms with Crippen LogP contribution in [-0.2, 0) is 11.2 Å². The van der Waals surface area contributed by atoms with Crippen molar-refractivity contribution in [3.63, 3.8) is 0 Å². The van der Waals surface area contributed by atoms with Gasteiger partial charge in [0.15, 0.2) is 0 Å². The third-order valence-electron chi connectivity index (χ3n) is 5.48. The monoisotopic (exact) mass is 449 g/mol. The van der Waals surface area contributed by atoms with E-state index < -0.39 is 0 Å². The Balaban J connectivity index is 1.63. The van der Waals surface area contributed by atoms with Crippen molar-refractivity contribution < 1.29 is 14.3 Å². The maximum Gasteiger partial charge on any atom is 0.257 e. The maximum atomic E-state index is 12.9. The predicted octanol–water partition coefficient (Wildman–Crippen LogP) is 5.35. The zero-order chi connectivity index (χ0) is 22.8. The molecule has 2 N–H and O–H groups in total. The average Bonchev–Trinajstić information content (AvgIpc) is 2.92. The minimum atomic E-state index is -0.187. The van der Waals surface area contributed by atoms with Crippen LogP contribution < -0.4 is 15.4 Å². The van der Waals surface area contributed by atoms with E-state index >= 15 is 0 Å². The Hall–Kier alpha value is -3.51. The van der Waals surface area contributed by atoms with Crippen LogP contribution in [0.1, 0.15) is 22.3 Å². The number of amides is 2. The number of carbonyl (C=O) groups is 2. The Morgan fingerprint density at radius 3 is 2.44 bits per heavy atom. The first-order valence-corrected chi connectivity index (χ1v) is 10.6. The van der Waals surface area contributed by atoms with Gasteiger partial charge < -0.3 is 20.3 Å². The molecule has 0 saturated heterocycles. The number of halogens is 1. The summed E-state index contributed by atoms with van der Waals surface area (Å²) in [5.41, 5.74) is 5.60. The van der Waals surface area contributed by atoms with Gasteiger partial charge in [0.2, 0.25) is 5.91 Å². The van der Waals surface area contributed by atoms with Gasteiger partial charge in [0.25, 0.3) is 5.91 Å². The highest BCUT2D eigenvalue weighted by molar-refractivity contribution is 6.32. The number of nitrogens with one attached hydrogen (secondary N) is 2. The van der Waals surface area contributed by atoms with Crippen molar-refractivity contribution in [3.05, 3.63) is 70.7 Å². The van der Waals surface area contributed by atoms with Crippen molar-refractivity contribution >= 4 is 40.5 Å². The second-order valence-electron chi connectivity index (χ2n) is 7.86. The highest BCUT2D eigenvalue weighted by Crippen LogP contribution is 2.37. The number of carbonyl (C=O) groups excluding carboxylic acids is 2. The Bertz CT molecular complexity index is 1210. The Morgan fingerprint density at radius 1 is 0.938 bits per heavy atom. The number of hydrogen-bond acceptors (Lipinski definition) is 4. The molecule has 0 radical (unpaired) electrons. The first kappa shape index (κ1) is 21.7. The molecule has 6 nitrogen and oxygen atoms in total. The molecule has 164 valence electrons. The van der Waals surface area contributed by atoms with Crippen LogP contribution in [0.5, 0.6) is 5.75 Å². The van der Waals surface area contributed by atoms with Crippen molar-refractivity contribution in [2.45, 2.75) is 12.8 Å². The molecule has 0 aliphatic carbocycles. The molecular formula is C25H24ClN3O3. The fourth-order valence-electron chi connectivity index (χ4n) is 3.63. The Labute approximate surface area is 192 Å². The lowest BCUT2D eigenvalue weighted by Gasteiger charge is -2.13. The molecule has 3 aromatic carbocycles. The molecule has 0 unspecified atom stereocenters. The molecule has 0 bridgehead atoms. The van der Waals surface area contributed by atoms with Crippen molar-refractivity contribution in [3.8, 4) is 16.9 Å². The van der Waals surface area contributed by atoms with Crippen LogP contribution in [0, 0.1) is 0 Å². The molecule has 1 heterocycles. The second-order valence-corrected chi connectivity index (χ2v) is 8.26. The molecule has 0 aromatic heterocycles. The summed E-state index contributed by atoms with van der Waals surface area (Å²) in [5.74, 6) is 0.476. The van der Waals surface area contributed by atoms with Gasteiger partial charge in [0.05, 0.1) is 34.8 Å². The molecule has 1 aliphatic rings. The largest absolute Gasteiger partial charge is 0.495 e. The van der Waals surface area contributed by atoms with E-state index in [0.29, 0.717) is 40.6 Å². The zero-order valence-electron chi connectivity index (χ0n) is 18.2. The fourth-order valence-corrected chi connectivity index (χ4v) is 3.83. The Morgan fingerprint density at radius 2 is 1.69 bits per heavy atom. The number of hydrogen-bond donors (Lipinski definition) is 2. The van der Waals surface area contributed by atoms with Crippen LogP contribution in [0.3, 0.4) is 0 Å². The molecule has 0 atom stereocenters. The van der Waals surface area contributed by atoms with E-state index in [9.17, 15) is 9.59 Å². The summed E-state index contributed by atoms with van der Waals surface area (Å²) >= 11 is 6.15. The van der Waals surface area contributed by atoms with Crippen LogP contribution in [0.4, 0.5) is 17.1 Å². The number of anilines is 3. The molecule has 4 rings (SSSR count). The number of aryl methyl sites for hydroxylation is 1. The highest BCUT2D eigenvalue weighted by atomic mass is 35.5. The third kappa shape index (κ3) is 4.41. The van der Waals surface area contributed by atoms with E-state index in [4.69, 9.17) is 16.3 Å². The SMILES string of the molecule is COc1cc(-c2ccc3c(c2)Nc2ccc(CCC(=O)N(C)C)cc2NC3=O)ccc1Cl. The molecule has 0 fully saturated rings. The highest BCUT2D eigenvalue weighted by Gasteiger charge is 2.20. The summed E-state index contributed by atoms with van der Waals surface area (Å²) in [4.78, 5) is 26.4. The number of rotatable bonds is 5. The topological polar surface area (TPSA) is 70.7 Å². The minimum absolute atomic E-state index is 0.0702. The predicted molar refractivity (Wildman–Crippen MR) is 128 cm³/mol. The molecule has 3 aromatic rings. The smallest absolute Gasteiger partial charge is 0.257 e. The van der Waals surface area contributed by atoms with Gasteiger partial charge in [-0.05, 0) is 59.5 Å². The van der Waals surface area contributed by atoms with E-state index in [-0.39, 0.29) is 11.8 Å². The Kier molecular flexibility index (Phi) is 6.06. The fraction of sp³-hybridized carbons (Fsp3) is 0.200. The summed E-state index contributed by atoms with van der Waals surface area (Å²) in [6.07, 6.45) is 1.02. The molecule has 0 saturated carbocycles. The van der Waals surface area contributed by atoms with Gasteiger partial charge >= 0.3 is 0 Å². The molecule has 7 heteroatoms. The third-order valence-corrected chi connectivity index (χ3v) is 5.79. The van der Waals surface area contributed by atoms with Crippen LogP contribution >= 0.6 is 11.6 Å². The van der Waals surface area contributed by atoms with E-state index in [1.807, 2.05) is 42.5 Å². The average molecular weight is 450 g/mol. The van der Waals surface area contributed by atoms with Gasteiger partial charge in [0, 0.05) is 20.5 Å². The van der Waals surface area contributed by atoms with Crippen LogP contribution in [0.2, 0.25) is 5.02 Å². The number of fused-ring (bicyclic) bond motifs is 2. The first-order chi connectivity index (χ1) is 15.4. The number of ether oxygens (including phenoxy) is 1. The summed E-state index contributed by atoms with van der Waals surface area (Å²) in [6.45, 7) is 0. The maximum absolute atomic E-state index is 12.9. The standard InChI is InChI=1S/C25H24ClN3O3/c1-29(2)24(30)11-5-15-4-10-20-22(12-15)28-25(31)18-8-6-16(13-21(18)27-20)17-7-9-19(26)23(14-17)32-3/h4,6-10,12-14,27H,5,11H2,1-3H3,(H,28,31). The summed E-state index contributed by atoms with van der Waals surface area (Å²) < 4.78 is 5.33. The summed E-state index contributed by atoms with van der Waals surface area (Å²) in [7, 11) is 5.07. The molecule has 1 aliphatic heterocycles. The number of nitrogens with zero attached hydrogens (tertiary/aromatic N) is 1. The summed E-state index contributed by atoms with van der Waals surface area (Å²) in [6, 6.07) is 17.0. The van der Waals surface area contributed by atoms with Gasteiger partial charge in [-0.25, -0.2) is 0 Å². The minimum Gasteiger partial charge on any atom is -0.495 e. The lowest BCUT2D eigenvalue weighted by Crippen LogP contribution is -2.21. The van der Waals surface area contributed by atoms with Crippen LogP contribution in [-0.4, -0.2) is 37.9 Å². The van der Waals surface area contributed by atoms with E-state index in [2.05, 4.69) is 10.6 Å². The number of methoxy groups -OCH3 is 1. The van der Waals surface area contributed by atoms with Gasteiger partial charge in [-0.3, -0.25) is 9.59 Å². The van der Waals surface area contributed by atoms with Crippen molar-refractivity contribution in [2.75, 3.05) is 31.8 Å². The number of benzene rings is 3. The lowest BCUT2D eigenvalue weighted by atomic mass is 10.0. The normalized spacial score (nSPS) is 12.1. The van der Waals surface area contributed by atoms with E-state index in [1.165, 1.54) is 0 Å². The van der Waals surface area contributed by atoms with Gasteiger partial charge in [-0.1, -0.05) is 29.8 Å². The van der Waals surface area contributed by atoms with Crippen LogP contribution in [0.25, 0.3) is 11.1 Å². The van der Waals surface area contributed by atoms with Crippen molar-refractivity contribution in [2.24, 2.45) is 0 Å². The molecular weight excluding hydrogens is 426 g/mol. The van der Waals surface area contributed by atoms with E-state index in [0.717, 1.165) is 22.4 Å². The van der Waals surface area contributed by atoms with Gasteiger partial charge in [-0.15, -0.1) is 0 Å². The van der Waals surface area contributed by atoms with Crippen molar-refractivity contribution in [1.82, 2.24) is 4.90 Å². The zero-order valence-corrected chi connectivity index (χ0v) is 18.9. The van der Waals surface area contributed by atoms with E-state index in [1.54, 1.807) is 38.2 Å². The quantitative estimate of drug-likeness (QED) is 0.551. The molecule has 2 amide bonds. The van der Waals surface area contributed by atoms with Crippen LogP contribution in [0.15, 0.2) is 54.6 Å². The molecule has 32 heavy (non-hydrogen) atoms. The van der Waals surface area contributed by atoms with Gasteiger partial charge in [0.1, 0.15) is 5.75 Å². The first-order valence-electron chi connectivity index (χ1n) is 10.2. The second kappa shape index (κ2) is 8.93. The van der Waals surface area contributed by atoms with Gasteiger partial charge in [-0.2, -0.15) is 0 Å². The van der Waals surface area contributed by atoms with Crippen molar-refractivity contribution in [1.29, 1.82) is 0 Å². The lowest BCUT2D eigenvalue weighted by molar-refractivity contribution is -0.128.